The lowest BCUT2D eigenvalue weighted by Crippen LogP contribution is -2.11. The second kappa shape index (κ2) is 8.11. The average Bonchev–Trinajstić information content (AvgIpc) is 3.15. The molecule has 0 aliphatic rings. The summed E-state index contributed by atoms with van der Waals surface area (Å²) in [6, 6.07) is 16.1. The second-order valence-electron chi connectivity index (χ2n) is 7.60. The Morgan fingerprint density at radius 3 is 2.22 bits per heavy atom. The highest BCUT2D eigenvalue weighted by molar-refractivity contribution is 7.91. The maximum Gasteiger partial charge on any atom is 0.339 e. The van der Waals surface area contributed by atoms with E-state index in [9.17, 15) is 16.8 Å². The summed E-state index contributed by atoms with van der Waals surface area (Å²) >= 11 is 0. The number of aryl methyl sites for hydroxylation is 3. The van der Waals surface area contributed by atoms with Crippen molar-refractivity contribution in [2.24, 2.45) is 0 Å². The summed E-state index contributed by atoms with van der Waals surface area (Å²) in [5, 5.41) is 0. The molecule has 0 saturated carbocycles. The Morgan fingerprint density at radius 2 is 1.56 bits per heavy atom. The van der Waals surface area contributed by atoms with E-state index in [4.69, 9.17) is 4.18 Å². The highest BCUT2D eigenvalue weighted by atomic mass is 32.2. The van der Waals surface area contributed by atoms with E-state index < -0.39 is 20.0 Å². The lowest BCUT2D eigenvalue weighted by Gasteiger charge is -2.12. The monoisotopic (exact) mass is 469 g/mol. The molecule has 4 rings (SSSR count). The van der Waals surface area contributed by atoms with E-state index in [1.807, 2.05) is 38.2 Å². The van der Waals surface area contributed by atoms with Crippen LogP contribution in [0, 0.1) is 13.8 Å². The van der Waals surface area contributed by atoms with Crippen LogP contribution in [0.15, 0.2) is 87.7 Å². The van der Waals surface area contributed by atoms with E-state index >= 15 is 0 Å². The van der Waals surface area contributed by atoms with E-state index in [1.54, 1.807) is 29.7 Å². The van der Waals surface area contributed by atoms with Gasteiger partial charge in [-0.1, -0.05) is 30.7 Å². The van der Waals surface area contributed by atoms with Crippen LogP contribution in [0.2, 0.25) is 0 Å². The van der Waals surface area contributed by atoms with Gasteiger partial charge in [0.25, 0.3) is 0 Å². The van der Waals surface area contributed by atoms with Crippen molar-refractivity contribution in [3.05, 3.63) is 89.7 Å². The highest BCUT2D eigenvalue weighted by Gasteiger charge is 2.25. The Balaban J connectivity index is 1.71. The molecule has 32 heavy (non-hydrogen) atoms. The minimum absolute atomic E-state index is 0.0345. The third-order valence-electron chi connectivity index (χ3n) is 5.36. The summed E-state index contributed by atoms with van der Waals surface area (Å²) in [7, 11) is -7.84. The first-order valence-electron chi connectivity index (χ1n) is 10.1. The zero-order valence-corrected chi connectivity index (χ0v) is 19.6. The van der Waals surface area contributed by atoms with Gasteiger partial charge in [0.15, 0.2) is 0 Å². The number of rotatable bonds is 6. The van der Waals surface area contributed by atoms with Gasteiger partial charge in [-0.15, -0.1) is 0 Å². The summed E-state index contributed by atoms with van der Waals surface area (Å²) < 4.78 is 59.1. The van der Waals surface area contributed by atoms with Crippen LogP contribution in [-0.4, -0.2) is 21.2 Å². The van der Waals surface area contributed by atoms with E-state index in [1.165, 1.54) is 30.3 Å². The first-order chi connectivity index (χ1) is 15.1. The van der Waals surface area contributed by atoms with Crippen molar-refractivity contribution >= 4 is 25.5 Å². The molecule has 8 heteroatoms. The fraction of sp³-hybridized carbons (Fsp3) is 0.167. The average molecular weight is 470 g/mol. The number of fused-ring (bicyclic) bond motifs is 1. The highest BCUT2D eigenvalue weighted by Crippen LogP contribution is 2.32. The Bertz CT molecular complexity index is 1520. The van der Waals surface area contributed by atoms with Gasteiger partial charge in [0.1, 0.15) is 10.6 Å². The van der Waals surface area contributed by atoms with Gasteiger partial charge in [0.2, 0.25) is 9.84 Å². The Kier molecular flexibility index (Phi) is 5.60. The van der Waals surface area contributed by atoms with Gasteiger partial charge in [-0.25, -0.2) is 8.42 Å². The van der Waals surface area contributed by atoms with Gasteiger partial charge >= 0.3 is 10.1 Å². The van der Waals surface area contributed by atoms with Crippen molar-refractivity contribution in [3.8, 4) is 5.75 Å². The summed E-state index contributed by atoms with van der Waals surface area (Å²) in [6.07, 6.45) is 3.99. The van der Waals surface area contributed by atoms with E-state index in [2.05, 4.69) is 0 Å². The van der Waals surface area contributed by atoms with Gasteiger partial charge in [-0.2, -0.15) is 8.42 Å². The van der Waals surface area contributed by atoms with Crippen LogP contribution in [0.5, 0.6) is 5.75 Å². The number of aromatic nitrogens is 1. The SMILES string of the molecule is CCc1c(S(=O)(=O)c2ccc(OS(=O)(=O)c3ccc(C)cc3)c(C)c2)cn2ccccc12. The molecule has 0 spiro atoms. The lowest BCUT2D eigenvalue weighted by atomic mass is 10.2. The minimum atomic E-state index is -4.03. The fourth-order valence-corrected chi connectivity index (χ4v) is 6.27. The molecule has 2 aromatic heterocycles. The topological polar surface area (TPSA) is 81.9 Å². The van der Waals surface area contributed by atoms with Crippen LogP contribution in [0.3, 0.4) is 0 Å². The number of pyridine rings is 1. The molecular weight excluding hydrogens is 446 g/mol. The molecule has 0 radical (unpaired) electrons. The van der Waals surface area contributed by atoms with Gasteiger partial charge in [0.05, 0.1) is 9.79 Å². The third kappa shape index (κ3) is 3.91. The zero-order chi connectivity index (χ0) is 23.1. The normalized spacial score (nSPS) is 12.2. The van der Waals surface area contributed by atoms with E-state index in [0.717, 1.165) is 16.6 Å². The molecule has 0 saturated heterocycles. The molecule has 0 aliphatic heterocycles. The van der Waals surface area contributed by atoms with Gasteiger partial charge in [-0.05, 0) is 73.9 Å². The zero-order valence-electron chi connectivity index (χ0n) is 17.9. The summed E-state index contributed by atoms with van der Waals surface area (Å²) in [4.78, 5) is 0.361. The van der Waals surface area contributed by atoms with E-state index in [0.29, 0.717) is 12.0 Å². The Labute approximate surface area is 188 Å². The molecule has 0 fully saturated rings. The van der Waals surface area contributed by atoms with Crippen LogP contribution in [0.25, 0.3) is 5.52 Å². The number of sulfone groups is 1. The van der Waals surface area contributed by atoms with Gasteiger partial charge in [-0.3, -0.25) is 0 Å². The maximum absolute atomic E-state index is 13.4. The number of hydrogen-bond donors (Lipinski definition) is 0. The van der Waals surface area contributed by atoms with Gasteiger partial charge in [0, 0.05) is 17.9 Å². The molecule has 0 atom stereocenters. The minimum Gasteiger partial charge on any atom is -0.379 e. The molecule has 4 aromatic rings. The van der Waals surface area contributed by atoms with Crippen molar-refractivity contribution in [2.45, 2.75) is 41.9 Å². The largest absolute Gasteiger partial charge is 0.379 e. The van der Waals surface area contributed by atoms with Crippen molar-refractivity contribution in [2.75, 3.05) is 0 Å². The number of nitrogens with zero attached hydrogens (tertiary/aromatic N) is 1. The van der Waals surface area contributed by atoms with Crippen LogP contribution >= 0.6 is 0 Å². The first-order valence-corrected chi connectivity index (χ1v) is 13.0. The third-order valence-corrected chi connectivity index (χ3v) is 8.42. The number of benzene rings is 2. The smallest absolute Gasteiger partial charge is 0.339 e. The lowest BCUT2D eigenvalue weighted by molar-refractivity contribution is 0.484. The molecule has 2 aromatic carbocycles. The summed E-state index contributed by atoms with van der Waals surface area (Å²) in [6.45, 7) is 5.40. The Hall–Kier alpha value is -3.10. The van der Waals surface area contributed by atoms with Crippen LogP contribution < -0.4 is 4.18 Å². The van der Waals surface area contributed by atoms with Crippen molar-refractivity contribution in [1.82, 2.24) is 4.40 Å². The molecule has 166 valence electrons. The molecule has 0 N–H and O–H groups in total. The molecular formula is C24H23NO5S2. The Morgan fingerprint density at radius 1 is 0.875 bits per heavy atom. The van der Waals surface area contributed by atoms with Crippen molar-refractivity contribution in [1.29, 1.82) is 0 Å². The quantitative estimate of drug-likeness (QED) is 0.382. The van der Waals surface area contributed by atoms with Crippen LogP contribution in [-0.2, 0) is 26.4 Å². The molecule has 0 unspecified atom stereocenters. The van der Waals surface area contributed by atoms with Crippen molar-refractivity contribution < 1.29 is 21.0 Å². The van der Waals surface area contributed by atoms with Crippen LogP contribution in [0.1, 0.15) is 23.6 Å². The van der Waals surface area contributed by atoms with E-state index in [-0.39, 0.29) is 20.4 Å². The molecule has 2 heterocycles. The second-order valence-corrected chi connectivity index (χ2v) is 11.1. The van der Waals surface area contributed by atoms with Crippen molar-refractivity contribution in [3.63, 3.8) is 0 Å². The predicted octanol–water partition coefficient (Wildman–Crippen LogP) is 4.72. The van der Waals surface area contributed by atoms with Crippen LogP contribution in [0.4, 0.5) is 0 Å². The molecule has 6 nitrogen and oxygen atoms in total. The first kappa shape index (κ1) is 22.1. The maximum atomic E-state index is 13.4. The molecule has 0 bridgehead atoms. The molecule has 0 amide bonds. The van der Waals surface area contributed by atoms with Gasteiger partial charge < -0.3 is 8.58 Å². The summed E-state index contributed by atoms with van der Waals surface area (Å²) in [5.41, 5.74) is 2.92. The standard InChI is InChI=1S/C24H23NO5S2/c1-4-21-22-7-5-6-14-25(22)16-24(21)31(26,27)20-12-13-23(18(3)15-20)30-32(28,29)19-10-8-17(2)9-11-19/h5-16H,4H2,1-3H3. The predicted molar refractivity (Wildman–Crippen MR) is 122 cm³/mol. The number of hydrogen-bond acceptors (Lipinski definition) is 5. The fourth-order valence-electron chi connectivity index (χ4n) is 3.62. The molecule has 0 aliphatic carbocycles. The summed E-state index contributed by atoms with van der Waals surface area (Å²) in [5.74, 6) is 0.0854.